The highest BCUT2D eigenvalue weighted by Crippen LogP contribution is 2.38. The van der Waals surface area contributed by atoms with Crippen LogP contribution in [0.1, 0.15) is 5.56 Å². The Morgan fingerprint density at radius 1 is 0.550 bits per heavy atom. The van der Waals surface area contributed by atoms with Crippen LogP contribution in [0.3, 0.4) is 0 Å². The third kappa shape index (κ3) is 7.12. The highest BCUT2D eigenvalue weighted by molar-refractivity contribution is 8.00. The molecule has 4 aromatic carbocycles. The molecule has 0 amide bonds. The zero-order chi connectivity index (χ0) is 29.3. The molecule has 0 spiro atoms. The first kappa shape index (κ1) is 30.7. The van der Waals surface area contributed by atoms with E-state index >= 15 is 0 Å². The van der Waals surface area contributed by atoms with E-state index in [0.717, 1.165) is 46.1 Å². The Morgan fingerprint density at radius 3 is 1.30 bits per heavy atom. The maximum atomic E-state index is 13.5. The summed E-state index contributed by atoms with van der Waals surface area (Å²) in [6.45, 7) is 1.89. The molecule has 40 heavy (non-hydrogen) atoms. The Kier molecular flexibility index (Phi) is 9.12. The Morgan fingerprint density at radius 2 is 0.925 bits per heavy atom. The van der Waals surface area contributed by atoms with Crippen molar-refractivity contribution in [1.29, 1.82) is 0 Å². The number of thioether (sulfide) groups is 1. The first-order valence-electron chi connectivity index (χ1n) is 11.2. The summed E-state index contributed by atoms with van der Waals surface area (Å²) < 4.78 is 95.5. The van der Waals surface area contributed by atoms with Gasteiger partial charge in [0.1, 0.15) is 9.79 Å². The van der Waals surface area contributed by atoms with Gasteiger partial charge >= 0.3 is 0 Å². The molecule has 0 aliphatic carbocycles. The molecular weight excluding hydrogens is 633 g/mol. The van der Waals surface area contributed by atoms with Crippen molar-refractivity contribution >= 4 is 65.4 Å². The van der Waals surface area contributed by atoms with Gasteiger partial charge < -0.3 is 0 Å². The molecule has 2 N–H and O–H groups in total. The molecule has 0 fully saturated rings. The van der Waals surface area contributed by atoms with Gasteiger partial charge in [0.25, 0.3) is 20.2 Å². The summed E-state index contributed by atoms with van der Waals surface area (Å²) in [6, 6.07) is 20.9. The highest BCUT2D eigenvalue weighted by atomic mass is 32.2. The lowest BCUT2D eigenvalue weighted by molar-refractivity contribution is 0.478. The van der Waals surface area contributed by atoms with Crippen LogP contribution >= 0.6 is 35.3 Å². The molecule has 0 saturated heterocycles. The minimum atomic E-state index is -4.84. The molecule has 4 aromatic rings. The Balaban J connectivity index is 1.76. The SMILES string of the molecule is CSc1ccc(Sc2ccc(S(=O)(=O)c3ccc(Sc4ccc(C)cc4)c(S(=O)(=O)O)c3)cc2S(=O)(=O)O)cc1. The predicted octanol–water partition coefficient (Wildman–Crippen LogP) is 6.35. The van der Waals surface area contributed by atoms with Gasteiger partial charge in [-0.1, -0.05) is 41.2 Å². The second-order valence-electron chi connectivity index (χ2n) is 8.36. The topological polar surface area (TPSA) is 143 Å². The summed E-state index contributed by atoms with van der Waals surface area (Å²) in [5.41, 5.74) is 0.989. The van der Waals surface area contributed by atoms with Gasteiger partial charge in [-0.3, -0.25) is 9.11 Å². The van der Waals surface area contributed by atoms with E-state index in [2.05, 4.69) is 0 Å². The van der Waals surface area contributed by atoms with Gasteiger partial charge in [0.2, 0.25) is 9.84 Å². The second-order valence-corrected chi connectivity index (χ2v) is 16.2. The fourth-order valence-electron chi connectivity index (χ4n) is 3.52. The van der Waals surface area contributed by atoms with Gasteiger partial charge in [-0.25, -0.2) is 8.42 Å². The number of sulfone groups is 1. The van der Waals surface area contributed by atoms with Crippen molar-refractivity contribution in [2.45, 2.75) is 51.0 Å². The molecule has 0 heterocycles. The third-order valence-corrected chi connectivity index (χ3v) is 12.2. The fourth-order valence-corrected chi connectivity index (χ4v) is 9.11. The van der Waals surface area contributed by atoms with E-state index in [-0.39, 0.29) is 9.79 Å². The molecule has 0 saturated carbocycles. The zero-order valence-corrected chi connectivity index (χ0v) is 25.8. The minimum absolute atomic E-state index is 0.0989. The number of hydrogen-bond acceptors (Lipinski definition) is 9. The van der Waals surface area contributed by atoms with Crippen LogP contribution in [0.5, 0.6) is 0 Å². The number of rotatable bonds is 9. The van der Waals surface area contributed by atoms with Gasteiger partial charge in [0.05, 0.1) is 9.79 Å². The molecule has 0 unspecified atom stereocenters. The number of hydrogen-bond donors (Lipinski definition) is 2. The minimum Gasteiger partial charge on any atom is -0.282 e. The normalized spacial score (nSPS) is 12.4. The van der Waals surface area contributed by atoms with E-state index in [4.69, 9.17) is 0 Å². The summed E-state index contributed by atoms with van der Waals surface area (Å²) in [6.07, 6.45) is 1.91. The van der Waals surface area contributed by atoms with E-state index in [1.807, 2.05) is 37.4 Å². The molecular formula is C26H22O8S6. The third-order valence-electron chi connectivity index (χ3n) is 5.54. The van der Waals surface area contributed by atoms with Crippen LogP contribution in [0.4, 0.5) is 0 Å². The molecule has 0 aromatic heterocycles. The summed E-state index contributed by atoms with van der Waals surface area (Å²) in [4.78, 5) is 0.324. The van der Waals surface area contributed by atoms with Gasteiger partial charge in [-0.2, -0.15) is 16.8 Å². The lowest BCUT2D eigenvalue weighted by atomic mass is 10.2. The van der Waals surface area contributed by atoms with Gasteiger partial charge in [0, 0.05) is 24.5 Å². The van der Waals surface area contributed by atoms with Crippen molar-refractivity contribution in [2.75, 3.05) is 6.26 Å². The smallest absolute Gasteiger partial charge is 0.282 e. The summed E-state index contributed by atoms with van der Waals surface area (Å²) in [7, 11) is -14.1. The molecule has 8 nitrogen and oxygen atoms in total. The molecule has 0 aliphatic rings. The summed E-state index contributed by atoms with van der Waals surface area (Å²) >= 11 is 3.58. The average Bonchev–Trinajstić information content (AvgIpc) is 2.89. The standard InChI is InChI=1S/C26H22O8S6/c1-17-3-5-19(6-4-17)36-23-13-11-21(15-25(23)39(29,30)31)38(27,28)22-12-14-24(26(16-22)40(32,33)34)37-20-9-7-18(35-2)8-10-20/h3-16H,1-2H3,(H,29,30,31)(H,32,33,34). The first-order valence-corrected chi connectivity index (χ1v) is 18.5. The van der Waals surface area contributed by atoms with E-state index < -0.39 is 49.7 Å². The van der Waals surface area contributed by atoms with E-state index in [1.165, 1.54) is 36.0 Å². The molecule has 0 atom stereocenters. The van der Waals surface area contributed by atoms with Crippen LogP contribution in [-0.2, 0) is 30.1 Å². The maximum Gasteiger partial charge on any atom is 0.295 e. The van der Waals surface area contributed by atoms with Crippen LogP contribution in [-0.4, -0.2) is 40.6 Å². The predicted molar refractivity (Wildman–Crippen MR) is 156 cm³/mol. The van der Waals surface area contributed by atoms with E-state index in [9.17, 15) is 34.4 Å². The Labute approximate surface area is 246 Å². The van der Waals surface area contributed by atoms with Crippen molar-refractivity contribution in [3.63, 3.8) is 0 Å². The largest absolute Gasteiger partial charge is 0.295 e. The van der Waals surface area contributed by atoms with Crippen molar-refractivity contribution < 1.29 is 34.4 Å². The summed E-state index contributed by atoms with van der Waals surface area (Å²) in [5, 5.41) is 0. The van der Waals surface area contributed by atoms with E-state index in [0.29, 0.717) is 9.79 Å². The van der Waals surface area contributed by atoms with Crippen molar-refractivity contribution in [1.82, 2.24) is 0 Å². The first-order chi connectivity index (χ1) is 18.7. The molecule has 14 heteroatoms. The fraction of sp³-hybridized carbons (Fsp3) is 0.0769. The van der Waals surface area contributed by atoms with Crippen LogP contribution in [0.2, 0.25) is 0 Å². The quantitative estimate of drug-likeness (QED) is 0.154. The highest BCUT2D eigenvalue weighted by Gasteiger charge is 2.27. The van der Waals surface area contributed by atoms with Crippen LogP contribution in [0.25, 0.3) is 0 Å². The molecule has 0 bridgehead atoms. The number of benzene rings is 4. The van der Waals surface area contributed by atoms with Crippen LogP contribution < -0.4 is 0 Å². The van der Waals surface area contributed by atoms with Gasteiger partial charge in [0.15, 0.2) is 0 Å². The van der Waals surface area contributed by atoms with Crippen molar-refractivity contribution in [3.8, 4) is 0 Å². The lowest BCUT2D eigenvalue weighted by Gasteiger charge is -2.13. The Bertz CT molecular complexity index is 1880. The van der Waals surface area contributed by atoms with Gasteiger partial charge in [-0.05, 0) is 86.0 Å². The molecule has 4 rings (SSSR count). The molecule has 0 radical (unpaired) electrons. The van der Waals surface area contributed by atoms with Crippen LogP contribution in [0.15, 0.2) is 129 Å². The second kappa shape index (κ2) is 11.9. The van der Waals surface area contributed by atoms with Crippen LogP contribution in [0, 0.1) is 6.92 Å². The van der Waals surface area contributed by atoms with Crippen molar-refractivity contribution in [3.05, 3.63) is 90.5 Å². The molecule has 210 valence electrons. The molecule has 0 aliphatic heterocycles. The monoisotopic (exact) mass is 654 g/mol. The average molecular weight is 655 g/mol. The zero-order valence-electron chi connectivity index (χ0n) is 20.9. The number of aryl methyl sites for hydroxylation is 1. The Hall–Kier alpha value is -2.30. The maximum absolute atomic E-state index is 13.5. The van der Waals surface area contributed by atoms with Crippen molar-refractivity contribution in [2.24, 2.45) is 0 Å². The summed E-state index contributed by atoms with van der Waals surface area (Å²) in [5.74, 6) is 0. The van der Waals surface area contributed by atoms with Gasteiger partial charge in [-0.15, -0.1) is 11.8 Å². The lowest BCUT2D eigenvalue weighted by Crippen LogP contribution is -2.08. The van der Waals surface area contributed by atoms with E-state index in [1.54, 1.807) is 24.3 Å².